The molecule has 2 aliphatic rings. The molecule has 4 rings (SSSR count). The summed E-state index contributed by atoms with van der Waals surface area (Å²) in [4.78, 5) is 41.4. The van der Waals surface area contributed by atoms with Gasteiger partial charge in [0.15, 0.2) is 12.4 Å². The molecule has 0 saturated carbocycles. The summed E-state index contributed by atoms with van der Waals surface area (Å²) < 4.78 is 10.7. The van der Waals surface area contributed by atoms with Gasteiger partial charge in [0.1, 0.15) is 5.75 Å². The normalized spacial score (nSPS) is 19.2. The van der Waals surface area contributed by atoms with Crippen molar-refractivity contribution in [3.05, 3.63) is 63.6 Å². The zero-order valence-corrected chi connectivity index (χ0v) is 18.8. The van der Waals surface area contributed by atoms with Crippen molar-refractivity contribution in [2.45, 2.75) is 6.04 Å². The number of amides is 2. The van der Waals surface area contributed by atoms with E-state index in [1.165, 1.54) is 16.2 Å². The molecule has 2 amide bonds. The van der Waals surface area contributed by atoms with E-state index in [0.717, 1.165) is 13.1 Å². The van der Waals surface area contributed by atoms with Crippen LogP contribution >= 0.6 is 11.3 Å². The number of primary amides is 1. The fourth-order valence-corrected chi connectivity index (χ4v) is 4.66. The third-order valence-electron chi connectivity index (χ3n) is 5.63. The van der Waals surface area contributed by atoms with E-state index in [9.17, 15) is 19.5 Å². The third-order valence-corrected chi connectivity index (χ3v) is 6.50. The number of Topliss-reactive ketones (excluding diaryl/α,β-unsaturated/α-hetero) is 1. The lowest BCUT2D eigenvalue weighted by Crippen LogP contribution is -2.43. The number of benzene rings is 1. The Bertz CT molecular complexity index is 1040. The Morgan fingerprint density at radius 1 is 1.15 bits per heavy atom. The first kappa shape index (κ1) is 23.0. The first-order valence-corrected chi connectivity index (χ1v) is 11.5. The summed E-state index contributed by atoms with van der Waals surface area (Å²) in [5, 5.41) is 12.5. The largest absolute Gasteiger partial charge is 0.503 e. The third kappa shape index (κ3) is 5.08. The Balaban J connectivity index is 1.62. The van der Waals surface area contributed by atoms with E-state index in [2.05, 4.69) is 4.90 Å². The zero-order valence-electron chi connectivity index (χ0n) is 17.9. The minimum atomic E-state index is -0.738. The molecule has 1 atom stereocenters. The van der Waals surface area contributed by atoms with Crippen LogP contribution in [0.4, 0.5) is 0 Å². The van der Waals surface area contributed by atoms with Crippen LogP contribution in [-0.2, 0) is 14.3 Å². The van der Waals surface area contributed by atoms with Gasteiger partial charge in [0, 0.05) is 26.2 Å². The molecular weight excluding hydrogens is 446 g/mol. The Kier molecular flexibility index (Phi) is 7.07. The number of thiophene rings is 1. The molecule has 3 N–H and O–H groups in total. The van der Waals surface area contributed by atoms with Crippen LogP contribution < -0.4 is 10.5 Å². The average Bonchev–Trinajstić information content (AvgIpc) is 3.45. The number of ether oxygens (including phenoxy) is 2. The summed E-state index contributed by atoms with van der Waals surface area (Å²) in [6.07, 6.45) is 0. The lowest BCUT2D eigenvalue weighted by atomic mass is 9.95. The van der Waals surface area contributed by atoms with Crippen molar-refractivity contribution in [1.82, 2.24) is 9.80 Å². The lowest BCUT2D eigenvalue weighted by Gasteiger charge is -2.31. The molecule has 0 unspecified atom stereocenters. The molecule has 2 aliphatic heterocycles. The minimum absolute atomic E-state index is 0.0650. The number of ketones is 1. The average molecular weight is 472 g/mol. The van der Waals surface area contributed by atoms with Crippen LogP contribution in [0.25, 0.3) is 0 Å². The standard InChI is InChI=1S/C23H25N3O6S/c24-18(27)14-32-16-5-3-15(4-6-16)20-19(21(28)17-2-1-13-33-17)22(29)23(30)26(20)8-7-25-9-11-31-12-10-25/h1-6,13,20,29H,7-12,14H2,(H2,24,27)/t20-/m1/s1. The molecule has 0 bridgehead atoms. The number of nitrogens with zero attached hydrogens (tertiary/aromatic N) is 2. The quantitative estimate of drug-likeness (QED) is 0.532. The summed E-state index contributed by atoms with van der Waals surface area (Å²) >= 11 is 1.26. The van der Waals surface area contributed by atoms with E-state index in [1.807, 2.05) is 0 Å². The van der Waals surface area contributed by atoms with Crippen LogP contribution in [0, 0.1) is 0 Å². The molecule has 2 aromatic rings. The van der Waals surface area contributed by atoms with E-state index < -0.39 is 23.6 Å². The van der Waals surface area contributed by atoms with Gasteiger partial charge in [0.2, 0.25) is 5.78 Å². The molecule has 33 heavy (non-hydrogen) atoms. The van der Waals surface area contributed by atoms with Gasteiger partial charge in [-0.1, -0.05) is 18.2 Å². The molecule has 174 valence electrons. The molecule has 3 heterocycles. The van der Waals surface area contributed by atoms with Gasteiger partial charge in [-0.25, -0.2) is 0 Å². The number of aliphatic hydroxyl groups is 1. The smallest absolute Gasteiger partial charge is 0.290 e. The molecule has 1 saturated heterocycles. The van der Waals surface area contributed by atoms with Crippen LogP contribution in [0.3, 0.4) is 0 Å². The highest BCUT2D eigenvalue weighted by Gasteiger charge is 2.44. The molecule has 10 heteroatoms. The topological polar surface area (TPSA) is 122 Å². The summed E-state index contributed by atoms with van der Waals surface area (Å²) in [7, 11) is 0. The van der Waals surface area contributed by atoms with E-state index in [1.54, 1.807) is 41.8 Å². The maximum Gasteiger partial charge on any atom is 0.290 e. The highest BCUT2D eigenvalue weighted by atomic mass is 32.1. The second-order valence-corrected chi connectivity index (χ2v) is 8.70. The molecule has 1 fully saturated rings. The molecule has 0 aliphatic carbocycles. The summed E-state index contributed by atoms with van der Waals surface area (Å²) in [6, 6.07) is 9.41. The van der Waals surface area contributed by atoms with Crippen molar-refractivity contribution >= 4 is 28.9 Å². The Morgan fingerprint density at radius 2 is 1.88 bits per heavy atom. The van der Waals surface area contributed by atoms with Crippen molar-refractivity contribution in [2.75, 3.05) is 46.0 Å². The maximum atomic E-state index is 13.3. The van der Waals surface area contributed by atoms with Crippen LogP contribution in [-0.4, -0.2) is 78.5 Å². The number of aliphatic hydroxyl groups excluding tert-OH is 1. The van der Waals surface area contributed by atoms with E-state index >= 15 is 0 Å². The van der Waals surface area contributed by atoms with Crippen LogP contribution in [0.5, 0.6) is 5.75 Å². The summed E-state index contributed by atoms with van der Waals surface area (Å²) in [6.45, 7) is 3.48. The highest BCUT2D eigenvalue weighted by molar-refractivity contribution is 7.12. The van der Waals surface area contributed by atoms with Crippen molar-refractivity contribution in [2.24, 2.45) is 5.73 Å². The Hall–Kier alpha value is -3.21. The zero-order chi connectivity index (χ0) is 23.4. The van der Waals surface area contributed by atoms with E-state index in [-0.39, 0.29) is 18.0 Å². The van der Waals surface area contributed by atoms with Crippen molar-refractivity contribution < 1.29 is 29.0 Å². The molecule has 1 aromatic carbocycles. The number of hydrogen-bond acceptors (Lipinski definition) is 8. The van der Waals surface area contributed by atoms with Crippen molar-refractivity contribution in [3.63, 3.8) is 0 Å². The van der Waals surface area contributed by atoms with Gasteiger partial charge in [-0.2, -0.15) is 0 Å². The van der Waals surface area contributed by atoms with Gasteiger partial charge >= 0.3 is 0 Å². The molecule has 0 spiro atoms. The number of morpholine rings is 1. The fourth-order valence-electron chi connectivity index (χ4n) is 3.98. The molecule has 1 aromatic heterocycles. The van der Waals surface area contributed by atoms with Gasteiger partial charge in [0.05, 0.1) is 29.7 Å². The van der Waals surface area contributed by atoms with Crippen molar-refractivity contribution in [1.29, 1.82) is 0 Å². The molecule has 9 nitrogen and oxygen atoms in total. The van der Waals surface area contributed by atoms with Crippen LogP contribution in [0.1, 0.15) is 21.3 Å². The van der Waals surface area contributed by atoms with Gasteiger partial charge in [-0.3, -0.25) is 19.3 Å². The van der Waals surface area contributed by atoms with Crippen LogP contribution in [0.15, 0.2) is 53.1 Å². The summed E-state index contributed by atoms with van der Waals surface area (Å²) in [5.74, 6) is -1.62. The first-order valence-electron chi connectivity index (χ1n) is 10.6. The number of carbonyl (C=O) groups excluding carboxylic acids is 3. The number of hydrogen-bond donors (Lipinski definition) is 2. The number of nitrogens with two attached hydrogens (primary N) is 1. The highest BCUT2D eigenvalue weighted by Crippen LogP contribution is 2.39. The predicted molar refractivity (Wildman–Crippen MR) is 121 cm³/mol. The Morgan fingerprint density at radius 3 is 2.52 bits per heavy atom. The van der Waals surface area contributed by atoms with Crippen LogP contribution in [0.2, 0.25) is 0 Å². The molecule has 0 radical (unpaired) electrons. The molecular formula is C23H25N3O6S. The van der Waals surface area contributed by atoms with Gasteiger partial charge in [-0.15, -0.1) is 11.3 Å². The number of carbonyl (C=O) groups is 3. The second-order valence-electron chi connectivity index (χ2n) is 7.75. The predicted octanol–water partition coefficient (Wildman–Crippen LogP) is 1.52. The number of rotatable bonds is 9. The minimum Gasteiger partial charge on any atom is -0.503 e. The van der Waals surface area contributed by atoms with E-state index in [0.29, 0.717) is 42.5 Å². The lowest BCUT2D eigenvalue weighted by molar-refractivity contribution is -0.129. The first-order chi connectivity index (χ1) is 16.0. The van der Waals surface area contributed by atoms with E-state index in [4.69, 9.17) is 15.2 Å². The van der Waals surface area contributed by atoms with Gasteiger partial charge in [-0.05, 0) is 29.1 Å². The Labute approximate surface area is 195 Å². The summed E-state index contributed by atoms with van der Waals surface area (Å²) in [5.41, 5.74) is 5.84. The van der Waals surface area contributed by atoms with Gasteiger partial charge < -0.3 is 25.2 Å². The maximum absolute atomic E-state index is 13.3. The fraction of sp³-hybridized carbons (Fsp3) is 0.348. The SMILES string of the molecule is NC(=O)COc1ccc([C@@H]2C(C(=O)c3cccs3)=C(O)C(=O)N2CCN2CCOCC2)cc1. The van der Waals surface area contributed by atoms with Crippen molar-refractivity contribution in [3.8, 4) is 5.75 Å². The monoisotopic (exact) mass is 471 g/mol. The van der Waals surface area contributed by atoms with Gasteiger partial charge in [0.25, 0.3) is 11.8 Å². The second kappa shape index (κ2) is 10.2.